The average molecular weight is 502 g/mol. The van der Waals surface area contributed by atoms with E-state index in [4.69, 9.17) is 9.26 Å². The minimum absolute atomic E-state index is 0.201. The van der Waals surface area contributed by atoms with Gasteiger partial charge in [0.25, 0.3) is 5.91 Å². The van der Waals surface area contributed by atoms with Crippen LogP contribution in [-0.2, 0) is 10.2 Å². The normalized spacial score (nSPS) is 15.6. The number of nitrogens with one attached hydrogen (secondary N) is 2. The second kappa shape index (κ2) is 10.1. The molecule has 1 aromatic carbocycles. The van der Waals surface area contributed by atoms with Gasteiger partial charge in [0.1, 0.15) is 11.5 Å². The highest BCUT2D eigenvalue weighted by Crippen LogP contribution is 2.26. The molecule has 1 unspecified atom stereocenters. The summed E-state index contributed by atoms with van der Waals surface area (Å²) in [5.74, 6) is 0.785. The molecule has 5 rings (SSSR count). The van der Waals surface area contributed by atoms with Gasteiger partial charge in [-0.1, -0.05) is 37.2 Å². The standard InChI is InChI=1S/C27H31N7O3/c1-17-7-8-18(26(35)30-25-12-24(37-32-25)27(2,3)4)11-23(17)34-16-22(31-33-34)19-10-20(14-28-13-19)29-15-21-6-5-9-36-21/h7-8,10-14,16,21,29H,5-6,9,15H2,1-4H3,(H,30,32,35). The molecule has 37 heavy (non-hydrogen) atoms. The average Bonchev–Trinajstić information content (AvgIpc) is 3.65. The number of ether oxygens (including phenoxy) is 1. The number of benzene rings is 1. The van der Waals surface area contributed by atoms with Crippen molar-refractivity contribution in [3.8, 4) is 16.9 Å². The van der Waals surface area contributed by atoms with Crippen molar-refractivity contribution >= 4 is 17.4 Å². The Morgan fingerprint density at radius 2 is 2.05 bits per heavy atom. The lowest BCUT2D eigenvalue weighted by molar-refractivity contribution is 0.102. The minimum Gasteiger partial charge on any atom is -0.381 e. The molecule has 1 aliphatic heterocycles. The summed E-state index contributed by atoms with van der Waals surface area (Å²) in [5.41, 5.74) is 4.40. The van der Waals surface area contributed by atoms with Crippen molar-refractivity contribution in [1.29, 1.82) is 0 Å². The number of aryl methyl sites for hydroxylation is 1. The Morgan fingerprint density at radius 3 is 2.81 bits per heavy atom. The highest BCUT2D eigenvalue weighted by molar-refractivity contribution is 6.04. The topological polar surface area (TPSA) is 120 Å². The largest absolute Gasteiger partial charge is 0.381 e. The van der Waals surface area contributed by atoms with E-state index in [0.717, 1.165) is 48.5 Å². The van der Waals surface area contributed by atoms with Gasteiger partial charge in [0.05, 0.1) is 23.7 Å². The minimum atomic E-state index is -0.287. The molecule has 1 saturated heterocycles. The van der Waals surface area contributed by atoms with Gasteiger partial charge < -0.3 is 19.9 Å². The molecule has 0 saturated carbocycles. The number of amides is 1. The van der Waals surface area contributed by atoms with Gasteiger partial charge >= 0.3 is 0 Å². The number of anilines is 2. The molecule has 0 radical (unpaired) electrons. The number of carbonyl (C=O) groups excluding carboxylic acids is 1. The van der Waals surface area contributed by atoms with Gasteiger partial charge in [-0.15, -0.1) is 5.10 Å². The zero-order valence-electron chi connectivity index (χ0n) is 21.5. The number of rotatable bonds is 7. The van der Waals surface area contributed by atoms with Gasteiger partial charge in [0.15, 0.2) is 5.82 Å². The molecule has 0 bridgehead atoms. The van der Waals surface area contributed by atoms with Crippen LogP contribution in [0.25, 0.3) is 16.9 Å². The van der Waals surface area contributed by atoms with Crippen LogP contribution in [-0.4, -0.2) is 50.3 Å². The summed E-state index contributed by atoms with van der Waals surface area (Å²) in [5, 5.41) is 18.8. The van der Waals surface area contributed by atoms with Crippen molar-refractivity contribution in [2.24, 2.45) is 0 Å². The lowest BCUT2D eigenvalue weighted by Gasteiger charge is -2.12. The Bertz CT molecular complexity index is 1400. The number of hydrogen-bond donors (Lipinski definition) is 2. The summed E-state index contributed by atoms with van der Waals surface area (Å²) in [4.78, 5) is 17.3. The van der Waals surface area contributed by atoms with E-state index in [2.05, 4.69) is 31.1 Å². The van der Waals surface area contributed by atoms with E-state index in [1.54, 1.807) is 35.3 Å². The van der Waals surface area contributed by atoms with Crippen molar-refractivity contribution < 1.29 is 14.1 Å². The van der Waals surface area contributed by atoms with Crippen molar-refractivity contribution in [3.63, 3.8) is 0 Å². The molecule has 1 fully saturated rings. The summed E-state index contributed by atoms with van der Waals surface area (Å²) in [7, 11) is 0. The van der Waals surface area contributed by atoms with Crippen molar-refractivity contribution in [1.82, 2.24) is 25.1 Å². The predicted octanol–water partition coefficient (Wildman–Crippen LogP) is 4.77. The first kappa shape index (κ1) is 24.6. The second-order valence-electron chi connectivity index (χ2n) is 10.3. The Labute approximate surface area is 215 Å². The molecule has 1 aliphatic rings. The quantitative estimate of drug-likeness (QED) is 0.372. The monoisotopic (exact) mass is 501 g/mol. The van der Waals surface area contributed by atoms with E-state index < -0.39 is 0 Å². The number of pyridine rings is 1. The van der Waals surface area contributed by atoms with Crippen LogP contribution >= 0.6 is 0 Å². The smallest absolute Gasteiger partial charge is 0.256 e. The first-order chi connectivity index (χ1) is 17.8. The van der Waals surface area contributed by atoms with Gasteiger partial charge in [-0.05, 0) is 43.5 Å². The molecule has 10 nitrogen and oxygen atoms in total. The third kappa shape index (κ3) is 5.69. The van der Waals surface area contributed by atoms with E-state index in [0.29, 0.717) is 22.8 Å². The molecule has 2 N–H and O–H groups in total. The van der Waals surface area contributed by atoms with Crippen LogP contribution in [0.5, 0.6) is 0 Å². The highest BCUT2D eigenvalue weighted by Gasteiger charge is 2.21. The van der Waals surface area contributed by atoms with E-state index in [9.17, 15) is 4.79 Å². The number of carbonyl (C=O) groups is 1. The van der Waals surface area contributed by atoms with Crippen molar-refractivity contribution in [2.45, 2.75) is 52.1 Å². The maximum atomic E-state index is 12.9. The van der Waals surface area contributed by atoms with E-state index in [-0.39, 0.29) is 17.4 Å². The van der Waals surface area contributed by atoms with E-state index in [1.807, 2.05) is 46.0 Å². The maximum absolute atomic E-state index is 12.9. The van der Waals surface area contributed by atoms with Crippen LogP contribution < -0.4 is 10.6 Å². The molecule has 0 spiro atoms. The molecular formula is C27H31N7O3. The molecule has 4 heterocycles. The first-order valence-corrected chi connectivity index (χ1v) is 12.4. The summed E-state index contributed by atoms with van der Waals surface area (Å²) in [6.45, 7) is 9.60. The summed E-state index contributed by atoms with van der Waals surface area (Å²) >= 11 is 0. The molecule has 1 amide bonds. The molecule has 1 atom stereocenters. The van der Waals surface area contributed by atoms with Crippen LogP contribution in [0, 0.1) is 6.92 Å². The molecule has 192 valence electrons. The van der Waals surface area contributed by atoms with Crippen LogP contribution in [0.1, 0.15) is 55.3 Å². The molecule has 4 aromatic rings. The van der Waals surface area contributed by atoms with Crippen LogP contribution in [0.2, 0.25) is 0 Å². The lowest BCUT2D eigenvalue weighted by atomic mass is 9.93. The van der Waals surface area contributed by atoms with Crippen LogP contribution in [0.15, 0.2) is 53.4 Å². The molecular weight excluding hydrogens is 470 g/mol. The first-order valence-electron chi connectivity index (χ1n) is 12.4. The molecule has 3 aromatic heterocycles. The fraction of sp³-hybridized carbons (Fsp3) is 0.370. The van der Waals surface area contributed by atoms with Gasteiger partial charge in [-0.25, -0.2) is 4.68 Å². The maximum Gasteiger partial charge on any atom is 0.256 e. The number of aromatic nitrogens is 5. The number of nitrogens with zero attached hydrogens (tertiary/aromatic N) is 5. The Kier molecular flexibility index (Phi) is 6.75. The van der Waals surface area contributed by atoms with E-state index in [1.165, 1.54) is 0 Å². The zero-order chi connectivity index (χ0) is 26.0. The van der Waals surface area contributed by atoms with Gasteiger partial charge in [0, 0.05) is 48.2 Å². The van der Waals surface area contributed by atoms with Gasteiger partial charge in [-0.2, -0.15) is 0 Å². The van der Waals surface area contributed by atoms with Gasteiger partial charge in [0.2, 0.25) is 0 Å². The van der Waals surface area contributed by atoms with Crippen LogP contribution in [0.4, 0.5) is 11.5 Å². The molecule has 0 aliphatic carbocycles. The van der Waals surface area contributed by atoms with Crippen molar-refractivity contribution in [3.05, 3.63) is 65.8 Å². The van der Waals surface area contributed by atoms with E-state index >= 15 is 0 Å². The fourth-order valence-corrected chi connectivity index (χ4v) is 4.10. The fourth-order valence-electron chi connectivity index (χ4n) is 4.10. The second-order valence-corrected chi connectivity index (χ2v) is 10.3. The Balaban J connectivity index is 1.31. The third-order valence-electron chi connectivity index (χ3n) is 6.29. The lowest BCUT2D eigenvalue weighted by Crippen LogP contribution is -2.18. The Morgan fingerprint density at radius 1 is 1.19 bits per heavy atom. The highest BCUT2D eigenvalue weighted by atomic mass is 16.5. The molecule has 10 heteroatoms. The predicted molar refractivity (Wildman–Crippen MR) is 140 cm³/mol. The Hall–Kier alpha value is -4.05. The summed E-state index contributed by atoms with van der Waals surface area (Å²) in [6, 6.07) is 9.17. The van der Waals surface area contributed by atoms with Crippen LogP contribution in [0.3, 0.4) is 0 Å². The SMILES string of the molecule is Cc1ccc(C(=O)Nc2cc(C(C)(C)C)on2)cc1-n1cc(-c2cncc(NCC3CCCO3)c2)nn1. The summed E-state index contributed by atoms with van der Waals surface area (Å²) < 4.78 is 12.7. The zero-order valence-corrected chi connectivity index (χ0v) is 21.5. The summed E-state index contributed by atoms with van der Waals surface area (Å²) in [6.07, 6.45) is 7.79. The van der Waals surface area contributed by atoms with Gasteiger partial charge in [-0.3, -0.25) is 9.78 Å². The third-order valence-corrected chi connectivity index (χ3v) is 6.29. The van der Waals surface area contributed by atoms with Crippen molar-refractivity contribution in [2.75, 3.05) is 23.8 Å². The number of hydrogen-bond acceptors (Lipinski definition) is 8.